The van der Waals surface area contributed by atoms with Gasteiger partial charge in [0.05, 0.1) is 12.3 Å². The van der Waals surface area contributed by atoms with Gasteiger partial charge in [0, 0.05) is 52.4 Å². The van der Waals surface area contributed by atoms with Crippen LogP contribution in [0.2, 0.25) is 0 Å². The molecule has 0 radical (unpaired) electrons. The molecule has 0 aliphatic carbocycles. The molecule has 0 unspecified atom stereocenters. The predicted octanol–water partition coefficient (Wildman–Crippen LogP) is 2.70. The summed E-state index contributed by atoms with van der Waals surface area (Å²) < 4.78 is 0. The van der Waals surface area contributed by atoms with Crippen molar-refractivity contribution in [2.75, 3.05) is 50.1 Å². The maximum absolute atomic E-state index is 9.58. The Kier molecular flexibility index (Phi) is 7.23. The van der Waals surface area contributed by atoms with Crippen LogP contribution in [0.15, 0.2) is 30.3 Å². The zero-order valence-electron chi connectivity index (χ0n) is 17.4. The SMILES string of the molecule is CCCCN(CCO)c1nc(N(C)C)nc2c1CCN(Cc1ccccc1)C2. The van der Waals surface area contributed by atoms with Crippen LogP contribution in [0.1, 0.15) is 36.6 Å². The standard InChI is InChI=1S/C22H33N5O/c1-4-5-12-27(14-15-28)21-19-11-13-26(16-18-9-7-6-8-10-18)17-20(19)23-22(24-21)25(2)3/h6-10,28H,4-5,11-17H2,1-3H3. The van der Waals surface area contributed by atoms with Crippen LogP contribution in [0.4, 0.5) is 11.8 Å². The van der Waals surface area contributed by atoms with Gasteiger partial charge in [0.15, 0.2) is 0 Å². The Morgan fingerprint density at radius 3 is 2.57 bits per heavy atom. The number of benzene rings is 1. The Labute approximate surface area is 168 Å². The fourth-order valence-electron chi connectivity index (χ4n) is 3.68. The second-order valence-corrected chi connectivity index (χ2v) is 7.68. The van der Waals surface area contributed by atoms with Crippen molar-refractivity contribution in [3.63, 3.8) is 0 Å². The summed E-state index contributed by atoms with van der Waals surface area (Å²) >= 11 is 0. The summed E-state index contributed by atoms with van der Waals surface area (Å²) in [4.78, 5) is 16.4. The number of rotatable bonds is 9. The Hall–Kier alpha value is -2.18. The lowest BCUT2D eigenvalue weighted by Gasteiger charge is -2.33. The molecule has 1 aromatic carbocycles. The fourth-order valence-corrected chi connectivity index (χ4v) is 3.68. The highest BCUT2D eigenvalue weighted by Crippen LogP contribution is 2.29. The van der Waals surface area contributed by atoms with Crippen LogP contribution in [-0.4, -0.2) is 60.3 Å². The third-order valence-corrected chi connectivity index (χ3v) is 5.21. The van der Waals surface area contributed by atoms with Crippen molar-refractivity contribution in [1.29, 1.82) is 0 Å². The topological polar surface area (TPSA) is 55.7 Å². The zero-order chi connectivity index (χ0) is 19.9. The molecule has 1 N–H and O–H groups in total. The average Bonchev–Trinajstić information content (AvgIpc) is 2.71. The largest absolute Gasteiger partial charge is 0.395 e. The first-order valence-corrected chi connectivity index (χ1v) is 10.3. The summed E-state index contributed by atoms with van der Waals surface area (Å²) in [5.41, 5.74) is 3.70. The van der Waals surface area contributed by atoms with Gasteiger partial charge in [-0.25, -0.2) is 4.98 Å². The Morgan fingerprint density at radius 2 is 1.89 bits per heavy atom. The van der Waals surface area contributed by atoms with Crippen LogP contribution in [0.5, 0.6) is 0 Å². The highest BCUT2D eigenvalue weighted by atomic mass is 16.3. The minimum Gasteiger partial charge on any atom is -0.395 e. The smallest absolute Gasteiger partial charge is 0.227 e. The average molecular weight is 384 g/mol. The molecule has 0 saturated heterocycles. The van der Waals surface area contributed by atoms with Gasteiger partial charge in [-0.1, -0.05) is 43.7 Å². The van der Waals surface area contributed by atoms with Crippen molar-refractivity contribution in [2.24, 2.45) is 0 Å². The second kappa shape index (κ2) is 9.85. The van der Waals surface area contributed by atoms with Crippen molar-refractivity contribution in [3.05, 3.63) is 47.2 Å². The fraction of sp³-hybridized carbons (Fsp3) is 0.545. The summed E-state index contributed by atoms with van der Waals surface area (Å²) in [5.74, 6) is 1.75. The van der Waals surface area contributed by atoms with E-state index in [1.54, 1.807) is 0 Å². The minimum atomic E-state index is 0.139. The highest BCUT2D eigenvalue weighted by Gasteiger charge is 2.25. The molecule has 2 aromatic rings. The molecule has 0 spiro atoms. The third-order valence-electron chi connectivity index (χ3n) is 5.21. The monoisotopic (exact) mass is 383 g/mol. The maximum Gasteiger partial charge on any atom is 0.227 e. The molecule has 2 heterocycles. The van der Waals surface area contributed by atoms with E-state index in [-0.39, 0.29) is 6.61 Å². The van der Waals surface area contributed by atoms with Crippen LogP contribution < -0.4 is 9.80 Å². The van der Waals surface area contributed by atoms with Gasteiger partial charge in [0.1, 0.15) is 5.82 Å². The summed E-state index contributed by atoms with van der Waals surface area (Å²) in [6.45, 7) is 6.64. The molecular formula is C22H33N5O. The minimum absolute atomic E-state index is 0.139. The first-order chi connectivity index (χ1) is 13.6. The van der Waals surface area contributed by atoms with Crippen LogP contribution in [0, 0.1) is 0 Å². The number of hydrogen-bond acceptors (Lipinski definition) is 6. The molecule has 0 saturated carbocycles. The molecule has 0 amide bonds. The van der Waals surface area contributed by atoms with Crippen LogP contribution >= 0.6 is 0 Å². The summed E-state index contributed by atoms with van der Waals surface area (Å²) in [6, 6.07) is 10.6. The van der Waals surface area contributed by atoms with Crippen LogP contribution in [0.3, 0.4) is 0 Å². The van der Waals surface area contributed by atoms with E-state index in [1.165, 1.54) is 11.1 Å². The van der Waals surface area contributed by atoms with Gasteiger partial charge in [-0.05, 0) is 18.4 Å². The van der Waals surface area contributed by atoms with E-state index in [0.717, 1.165) is 62.9 Å². The molecular weight excluding hydrogens is 350 g/mol. The molecule has 1 aliphatic heterocycles. The van der Waals surface area contributed by atoms with Crippen molar-refractivity contribution in [2.45, 2.75) is 39.3 Å². The van der Waals surface area contributed by atoms with Gasteiger partial charge in [-0.2, -0.15) is 4.98 Å². The first-order valence-electron chi connectivity index (χ1n) is 10.3. The predicted molar refractivity (Wildman–Crippen MR) is 115 cm³/mol. The molecule has 0 bridgehead atoms. The Morgan fingerprint density at radius 1 is 1.11 bits per heavy atom. The normalized spacial score (nSPS) is 14.0. The lowest BCUT2D eigenvalue weighted by Crippen LogP contribution is -2.36. The van der Waals surface area contributed by atoms with Gasteiger partial charge in [0.2, 0.25) is 5.95 Å². The van der Waals surface area contributed by atoms with E-state index >= 15 is 0 Å². The summed E-state index contributed by atoms with van der Waals surface area (Å²) in [5, 5.41) is 9.58. The van der Waals surface area contributed by atoms with E-state index in [4.69, 9.17) is 9.97 Å². The van der Waals surface area contributed by atoms with Gasteiger partial charge in [0.25, 0.3) is 0 Å². The number of unbranched alkanes of at least 4 members (excludes halogenated alkanes) is 1. The molecule has 1 aromatic heterocycles. The molecule has 0 atom stereocenters. The number of aliphatic hydroxyl groups excluding tert-OH is 1. The number of hydrogen-bond donors (Lipinski definition) is 1. The molecule has 28 heavy (non-hydrogen) atoms. The maximum atomic E-state index is 9.58. The lowest BCUT2D eigenvalue weighted by atomic mass is 10.0. The quantitative estimate of drug-likeness (QED) is 0.719. The number of fused-ring (bicyclic) bond motifs is 1. The molecule has 0 fully saturated rings. The molecule has 6 nitrogen and oxygen atoms in total. The van der Waals surface area contributed by atoms with Crippen LogP contribution in [-0.2, 0) is 19.5 Å². The number of nitrogens with zero attached hydrogens (tertiary/aromatic N) is 5. The zero-order valence-corrected chi connectivity index (χ0v) is 17.4. The Bertz CT molecular complexity index is 750. The van der Waals surface area contributed by atoms with Crippen LogP contribution in [0.25, 0.3) is 0 Å². The van der Waals surface area contributed by atoms with E-state index in [1.807, 2.05) is 19.0 Å². The van der Waals surface area contributed by atoms with Gasteiger partial charge >= 0.3 is 0 Å². The number of anilines is 2. The number of aliphatic hydroxyl groups is 1. The van der Waals surface area contributed by atoms with Gasteiger partial charge in [-0.15, -0.1) is 0 Å². The van der Waals surface area contributed by atoms with Crippen molar-refractivity contribution < 1.29 is 5.11 Å². The van der Waals surface area contributed by atoms with E-state index in [2.05, 4.69) is 47.1 Å². The number of aromatic nitrogens is 2. The molecule has 6 heteroatoms. The molecule has 1 aliphatic rings. The van der Waals surface area contributed by atoms with E-state index < -0.39 is 0 Å². The van der Waals surface area contributed by atoms with Crippen molar-refractivity contribution in [3.8, 4) is 0 Å². The van der Waals surface area contributed by atoms with Gasteiger partial charge in [-0.3, -0.25) is 4.90 Å². The third kappa shape index (κ3) is 5.00. The van der Waals surface area contributed by atoms with E-state index in [9.17, 15) is 5.11 Å². The molecule has 152 valence electrons. The first kappa shape index (κ1) is 20.6. The second-order valence-electron chi connectivity index (χ2n) is 7.68. The van der Waals surface area contributed by atoms with Crippen molar-refractivity contribution >= 4 is 11.8 Å². The van der Waals surface area contributed by atoms with Gasteiger partial charge < -0.3 is 14.9 Å². The van der Waals surface area contributed by atoms with Crippen molar-refractivity contribution in [1.82, 2.24) is 14.9 Å². The van der Waals surface area contributed by atoms with E-state index in [0.29, 0.717) is 6.54 Å². The Balaban J connectivity index is 1.88. The summed E-state index contributed by atoms with van der Waals surface area (Å²) in [6.07, 6.45) is 3.16. The lowest BCUT2D eigenvalue weighted by molar-refractivity contribution is 0.241. The molecule has 3 rings (SSSR count). The highest BCUT2D eigenvalue weighted by molar-refractivity contribution is 5.54. The summed E-state index contributed by atoms with van der Waals surface area (Å²) in [7, 11) is 3.97.